The summed E-state index contributed by atoms with van der Waals surface area (Å²) in [6.45, 7) is 1.28. The summed E-state index contributed by atoms with van der Waals surface area (Å²) in [6, 6.07) is 8.95. The minimum Gasteiger partial charge on any atom is -0.394 e. The van der Waals surface area contributed by atoms with Gasteiger partial charge in [0.2, 0.25) is 5.91 Å². The molecule has 0 saturated carbocycles. The number of nitrogens with two attached hydrogens (primary N) is 1. The summed E-state index contributed by atoms with van der Waals surface area (Å²) >= 11 is 0. The largest absolute Gasteiger partial charge is 0.394 e. The van der Waals surface area contributed by atoms with Gasteiger partial charge in [0.15, 0.2) is 0 Å². The number of rotatable bonds is 4. The Hall–Kier alpha value is -1.43. The summed E-state index contributed by atoms with van der Waals surface area (Å²) in [7, 11) is 1.95. The Morgan fingerprint density at radius 2 is 2.16 bits per heavy atom. The van der Waals surface area contributed by atoms with Crippen molar-refractivity contribution in [3.63, 3.8) is 0 Å². The highest BCUT2D eigenvalue weighted by Crippen LogP contribution is 2.17. The first kappa shape index (κ1) is 14.0. The molecule has 1 aliphatic heterocycles. The Morgan fingerprint density at radius 1 is 1.47 bits per heavy atom. The Labute approximate surface area is 113 Å². The fourth-order valence-corrected chi connectivity index (χ4v) is 2.51. The molecule has 0 aromatic heterocycles. The molecule has 5 nitrogen and oxygen atoms in total. The van der Waals surface area contributed by atoms with Gasteiger partial charge in [-0.05, 0) is 12.6 Å². The molecular formula is C14H21N3O2. The molecule has 1 aromatic carbocycles. The number of nitrogens with zero attached hydrogens (tertiary/aromatic N) is 1. The number of hydrogen-bond donors (Lipinski definition) is 3. The first-order valence-corrected chi connectivity index (χ1v) is 6.52. The van der Waals surface area contributed by atoms with Crippen molar-refractivity contribution < 1.29 is 9.90 Å². The predicted molar refractivity (Wildman–Crippen MR) is 73.4 cm³/mol. The lowest BCUT2D eigenvalue weighted by Gasteiger charge is -2.21. The molecule has 1 amide bonds. The second-order valence-electron chi connectivity index (χ2n) is 5.15. The van der Waals surface area contributed by atoms with Crippen molar-refractivity contribution in [2.45, 2.75) is 12.1 Å². The third kappa shape index (κ3) is 3.32. The molecule has 19 heavy (non-hydrogen) atoms. The molecule has 1 aromatic rings. The highest BCUT2D eigenvalue weighted by molar-refractivity contribution is 5.80. The van der Waals surface area contributed by atoms with Crippen molar-refractivity contribution in [3.8, 4) is 0 Å². The number of aliphatic hydroxyl groups is 1. The fraction of sp³-hybridized carbons (Fsp3) is 0.500. The van der Waals surface area contributed by atoms with E-state index < -0.39 is 0 Å². The number of likely N-dealkylation sites (tertiary alicyclic amines) is 1. The van der Waals surface area contributed by atoms with Crippen molar-refractivity contribution in [1.82, 2.24) is 10.2 Å². The summed E-state index contributed by atoms with van der Waals surface area (Å²) in [6.07, 6.45) is 0. The zero-order chi connectivity index (χ0) is 13.8. The Balaban J connectivity index is 2.01. The number of benzene rings is 1. The molecule has 1 fully saturated rings. The Bertz CT molecular complexity index is 424. The van der Waals surface area contributed by atoms with Gasteiger partial charge in [0, 0.05) is 19.1 Å². The van der Waals surface area contributed by atoms with Gasteiger partial charge in [-0.25, -0.2) is 0 Å². The minimum absolute atomic E-state index is 0.0836. The van der Waals surface area contributed by atoms with Gasteiger partial charge in [-0.15, -0.1) is 0 Å². The van der Waals surface area contributed by atoms with Crippen LogP contribution in [-0.2, 0) is 4.79 Å². The van der Waals surface area contributed by atoms with Crippen molar-refractivity contribution in [2.24, 2.45) is 11.7 Å². The van der Waals surface area contributed by atoms with Crippen molar-refractivity contribution in [1.29, 1.82) is 0 Å². The van der Waals surface area contributed by atoms with Gasteiger partial charge in [0.05, 0.1) is 18.6 Å². The molecule has 0 spiro atoms. The molecule has 0 bridgehead atoms. The smallest absolute Gasteiger partial charge is 0.226 e. The van der Waals surface area contributed by atoms with Gasteiger partial charge in [-0.2, -0.15) is 0 Å². The van der Waals surface area contributed by atoms with Crippen molar-refractivity contribution in [2.75, 3.05) is 26.7 Å². The molecule has 0 aliphatic carbocycles. The summed E-state index contributed by atoms with van der Waals surface area (Å²) < 4.78 is 0. The van der Waals surface area contributed by atoms with Crippen molar-refractivity contribution >= 4 is 5.91 Å². The van der Waals surface area contributed by atoms with Crippen LogP contribution in [0.4, 0.5) is 0 Å². The molecule has 1 aliphatic rings. The van der Waals surface area contributed by atoms with Gasteiger partial charge in [0.1, 0.15) is 0 Å². The maximum atomic E-state index is 12.2. The molecule has 0 unspecified atom stereocenters. The highest BCUT2D eigenvalue weighted by atomic mass is 16.3. The number of likely N-dealkylation sites (N-methyl/N-ethyl adjacent to an activating group) is 1. The maximum absolute atomic E-state index is 12.2. The van der Waals surface area contributed by atoms with Crippen LogP contribution in [0.1, 0.15) is 11.6 Å². The standard InChI is InChI=1S/C14H21N3O2/c1-17-7-11(12(15)8-17)14(19)16-13(9-18)10-5-3-2-4-6-10/h2-6,11-13,18H,7-9,15H2,1H3,(H,16,19)/t11-,12+,13+/m1/s1. The highest BCUT2D eigenvalue weighted by Gasteiger charge is 2.34. The zero-order valence-electron chi connectivity index (χ0n) is 11.1. The first-order valence-electron chi connectivity index (χ1n) is 6.52. The topological polar surface area (TPSA) is 78.6 Å². The van der Waals surface area contributed by atoms with Crippen LogP contribution < -0.4 is 11.1 Å². The molecule has 3 atom stereocenters. The monoisotopic (exact) mass is 263 g/mol. The van der Waals surface area contributed by atoms with E-state index >= 15 is 0 Å². The predicted octanol–water partition coefficient (Wildman–Crippen LogP) is -0.275. The van der Waals surface area contributed by atoms with Crippen LogP contribution in [0.15, 0.2) is 30.3 Å². The minimum atomic E-state index is -0.369. The number of aliphatic hydroxyl groups excluding tert-OH is 1. The van der Waals surface area contributed by atoms with Crippen LogP contribution in [-0.4, -0.2) is 48.7 Å². The molecule has 4 N–H and O–H groups in total. The molecule has 1 heterocycles. The van der Waals surface area contributed by atoms with Gasteiger partial charge in [-0.3, -0.25) is 4.79 Å². The summed E-state index contributed by atoms with van der Waals surface area (Å²) in [5.74, 6) is -0.289. The second-order valence-corrected chi connectivity index (χ2v) is 5.15. The number of amides is 1. The summed E-state index contributed by atoms with van der Waals surface area (Å²) in [4.78, 5) is 14.3. The molecule has 5 heteroatoms. The SMILES string of the molecule is CN1C[C@H](N)[C@H](C(=O)N[C@@H](CO)c2ccccc2)C1. The van der Waals surface area contributed by atoms with Gasteiger partial charge in [0.25, 0.3) is 0 Å². The van der Waals surface area contributed by atoms with Crippen LogP contribution in [0.5, 0.6) is 0 Å². The van der Waals surface area contributed by atoms with Crippen LogP contribution in [0.25, 0.3) is 0 Å². The number of carbonyl (C=O) groups excluding carboxylic acids is 1. The third-order valence-electron chi connectivity index (χ3n) is 3.59. The molecule has 2 rings (SSSR count). The quantitative estimate of drug-likeness (QED) is 0.698. The van der Waals surface area contributed by atoms with Crippen LogP contribution >= 0.6 is 0 Å². The molecule has 1 saturated heterocycles. The normalized spacial score (nSPS) is 25.2. The first-order chi connectivity index (χ1) is 9.11. The molecule has 104 valence electrons. The zero-order valence-corrected chi connectivity index (χ0v) is 11.1. The average Bonchev–Trinajstić information content (AvgIpc) is 2.76. The third-order valence-corrected chi connectivity index (χ3v) is 3.59. The average molecular weight is 263 g/mol. The van der Waals surface area contributed by atoms with Gasteiger partial charge >= 0.3 is 0 Å². The van der Waals surface area contributed by atoms with Crippen molar-refractivity contribution in [3.05, 3.63) is 35.9 Å². The van der Waals surface area contributed by atoms with E-state index in [4.69, 9.17) is 5.73 Å². The van der Waals surface area contributed by atoms with E-state index in [1.807, 2.05) is 42.3 Å². The van der Waals surface area contributed by atoms with E-state index in [1.54, 1.807) is 0 Å². The van der Waals surface area contributed by atoms with E-state index in [0.717, 1.165) is 12.1 Å². The summed E-state index contributed by atoms with van der Waals surface area (Å²) in [5, 5.41) is 12.3. The van der Waals surface area contributed by atoms with Crippen LogP contribution in [0, 0.1) is 5.92 Å². The summed E-state index contributed by atoms with van der Waals surface area (Å²) in [5.41, 5.74) is 6.86. The lowest BCUT2D eigenvalue weighted by molar-refractivity contribution is -0.126. The Morgan fingerprint density at radius 3 is 2.68 bits per heavy atom. The van der Waals surface area contributed by atoms with Gasteiger partial charge < -0.3 is 21.1 Å². The Kier molecular flexibility index (Phi) is 4.52. The lowest BCUT2D eigenvalue weighted by Crippen LogP contribution is -2.43. The van der Waals surface area contributed by atoms with E-state index in [2.05, 4.69) is 5.32 Å². The van der Waals surface area contributed by atoms with E-state index in [9.17, 15) is 9.90 Å². The fourth-order valence-electron chi connectivity index (χ4n) is 2.51. The van der Waals surface area contributed by atoms with Gasteiger partial charge in [-0.1, -0.05) is 30.3 Å². The van der Waals surface area contributed by atoms with E-state index in [1.165, 1.54) is 0 Å². The number of hydrogen-bond acceptors (Lipinski definition) is 4. The second kappa shape index (κ2) is 6.14. The molecule has 0 radical (unpaired) electrons. The maximum Gasteiger partial charge on any atom is 0.226 e. The van der Waals surface area contributed by atoms with E-state index in [0.29, 0.717) is 6.54 Å². The number of carbonyl (C=O) groups is 1. The lowest BCUT2D eigenvalue weighted by atomic mass is 10.0. The van der Waals surface area contributed by atoms with E-state index in [-0.39, 0.29) is 30.5 Å². The molecular weight excluding hydrogens is 242 g/mol. The van der Waals surface area contributed by atoms with Crippen LogP contribution in [0.2, 0.25) is 0 Å². The van der Waals surface area contributed by atoms with Crippen LogP contribution in [0.3, 0.4) is 0 Å². The number of nitrogens with one attached hydrogen (secondary N) is 1.